The van der Waals surface area contributed by atoms with Gasteiger partial charge in [-0.25, -0.2) is 0 Å². The van der Waals surface area contributed by atoms with Crippen LogP contribution in [0.3, 0.4) is 0 Å². The predicted molar refractivity (Wildman–Crippen MR) is 96.1 cm³/mol. The van der Waals surface area contributed by atoms with Crippen LogP contribution < -0.4 is 0 Å². The molecule has 3 rings (SSSR count). The number of nitrogens with zero attached hydrogens (tertiary/aromatic N) is 1. The molecule has 0 bridgehead atoms. The highest BCUT2D eigenvalue weighted by Gasteiger charge is 2.45. The van der Waals surface area contributed by atoms with Gasteiger partial charge in [-0.3, -0.25) is 9.69 Å². The third kappa shape index (κ3) is 4.16. The Labute approximate surface area is 156 Å². The van der Waals surface area contributed by atoms with Crippen LogP contribution in [-0.2, 0) is 27.7 Å². The van der Waals surface area contributed by atoms with Gasteiger partial charge >= 0.3 is 12.1 Å². The number of hydrogen-bond acceptors (Lipinski definition) is 3. The number of methoxy groups -OCH3 is 1. The van der Waals surface area contributed by atoms with Gasteiger partial charge in [-0.1, -0.05) is 48.5 Å². The summed E-state index contributed by atoms with van der Waals surface area (Å²) in [7, 11) is 1.29. The maximum atomic E-state index is 13.1. The third-order valence-electron chi connectivity index (χ3n) is 5.28. The van der Waals surface area contributed by atoms with Crippen LogP contribution in [0.25, 0.3) is 0 Å². The average Bonchev–Trinajstić information content (AvgIpc) is 2.68. The normalized spacial score (nSPS) is 17.5. The Morgan fingerprint density at radius 1 is 1.07 bits per heavy atom. The van der Waals surface area contributed by atoms with Crippen molar-refractivity contribution in [3.05, 3.63) is 71.3 Å². The molecule has 0 atom stereocenters. The first kappa shape index (κ1) is 19.4. The number of carbonyl (C=O) groups is 1. The van der Waals surface area contributed by atoms with Crippen molar-refractivity contribution in [2.24, 2.45) is 0 Å². The summed E-state index contributed by atoms with van der Waals surface area (Å²) in [6.45, 7) is 1.97. The van der Waals surface area contributed by atoms with E-state index in [0.717, 1.165) is 18.7 Å². The number of halogens is 3. The lowest BCUT2D eigenvalue weighted by molar-refractivity contribution is -0.150. The number of hydrogen-bond donors (Lipinski definition) is 0. The third-order valence-corrected chi connectivity index (χ3v) is 5.28. The van der Waals surface area contributed by atoms with E-state index in [-0.39, 0.29) is 0 Å². The lowest BCUT2D eigenvalue weighted by Crippen LogP contribution is -2.47. The highest BCUT2D eigenvalue weighted by Crippen LogP contribution is 2.39. The standard InChI is InChI=1S/C21H22F3NO2/c1-27-19(26)20(17-8-5-9-18(14-17)21(22,23)24)10-12-25(13-11-20)15-16-6-3-2-4-7-16/h2-9,14H,10-13,15H2,1H3. The predicted octanol–water partition coefficient (Wildman–Crippen LogP) is 4.41. The van der Waals surface area contributed by atoms with E-state index in [1.807, 2.05) is 30.3 Å². The first-order chi connectivity index (χ1) is 12.8. The molecule has 1 saturated heterocycles. The van der Waals surface area contributed by atoms with Crippen molar-refractivity contribution in [3.63, 3.8) is 0 Å². The fourth-order valence-electron chi connectivity index (χ4n) is 3.73. The highest BCUT2D eigenvalue weighted by atomic mass is 19.4. The van der Waals surface area contributed by atoms with Gasteiger partial charge in [0.05, 0.1) is 18.1 Å². The van der Waals surface area contributed by atoms with Gasteiger partial charge in [-0.05, 0) is 43.1 Å². The van der Waals surface area contributed by atoms with Crippen LogP contribution in [-0.4, -0.2) is 31.1 Å². The van der Waals surface area contributed by atoms with Crippen molar-refractivity contribution in [1.82, 2.24) is 4.90 Å². The summed E-state index contributed by atoms with van der Waals surface area (Å²) in [5, 5.41) is 0. The second kappa shape index (κ2) is 7.72. The fraction of sp³-hybridized carbons (Fsp3) is 0.381. The molecular formula is C21H22F3NO2. The summed E-state index contributed by atoms with van der Waals surface area (Å²) < 4.78 is 44.4. The maximum Gasteiger partial charge on any atom is 0.416 e. The molecule has 3 nitrogen and oxygen atoms in total. The second-order valence-corrected chi connectivity index (χ2v) is 6.91. The van der Waals surface area contributed by atoms with Crippen LogP contribution in [0, 0.1) is 0 Å². The van der Waals surface area contributed by atoms with Crippen LogP contribution in [0.1, 0.15) is 29.5 Å². The van der Waals surface area contributed by atoms with Crippen LogP contribution in [0.5, 0.6) is 0 Å². The molecule has 0 aromatic heterocycles. The van der Waals surface area contributed by atoms with Crippen LogP contribution >= 0.6 is 0 Å². The first-order valence-corrected chi connectivity index (χ1v) is 8.87. The number of piperidine rings is 1. The van der Waals surface area contributed by atoms with Gasteiger partial charge in [0, 0.05) is 6.54 Å². The number of rotatable bonds is 4. The van der Waals surface area contributed by atoms with Gasteiger partial charge in [-0.15, -0.1) is 0 Å². The number of carbonyl (C=O) groups excluding carboxylic acids is 1. The van der Waals surface area contributed by atoms with E-state index in [1.54, 1.807) is 6.07 Å². The largest absolute Gasteiger partial charge is 0.468 e. The zero-order valence-corrected chi connectivity index (χ0v) is 15.1. The molecule has 0 aliphatic carbocycles. The van der Waals surface area contributed by atoms with Crippen LogP contribution in [0.15, 0.2) is 54.6 Å². The van der Waals surface area contributed by atoms with Crippen molar-refractivity contribution in [2.45, 2.75) is 31.0 Å². The molecule has 2 aromatic rings. The molecule has 1 aliphatic heterocycles. The van der Waals surface area contributed by atoms with E-state index in [0.29, 0.717) is 31.5 Å². The van der Waals surface area contributed by atoms with Crippen LogP contribution in [0.2, 0.25) is 0 Å². The van der Waals surface area contributed by atoms with Crippen molar-refractivity contribution in [1.29, 1.82) is 0 Å². The smallest absolute Gasteiger partial charge is 0.416 e. The number of benzene rings is 2. The van der Waals surface area contributed by atoms with Gasteiger partial charge in [0.1, 0.15) is 0 Å². The molecule has 0 unspecified atom stereocenters. The Balaban J connectivity index is 1.83. The Morgan fingerprint density at radius 3 is 2.33 bits per heavy atom. The molecule has 144 valence electrons. The summed E-state index contributed by atoms with van der Waals surface area (Å²) in [5.74, 6) is -0.471. The molecule has 2 aromatic carbocycles. The van der Waals surface area contributed by atoms with Crippen molar-refractivity contribution < 1.29 is 22.7 Å². The van der Waals surface area contributed by atoms with Crippen molar-refractivity contribution >= 4 is 5.97 Å². The minimum Gasteiger partial charge on any atom is -0.468 e. The summed E-state index contributed by atoms with van der Waals surface area (Å²) in [6.07, 6.45) is -3.59. The SMILES string of the molecule is COC(=O)C1(c2cccc(C(F)(F)F)c2)CCN(Cc2ccccc2)CC1. The zero-order valence-electron chi connectivity index (χ0n) is 15.1. The van der Waals surface area contributed by atoms with E-state index < -0.39 is 23.1 Å². The molecule has 1 heterocycles. The Kier molecular flexibility index (Phi) is 5.56. The number of alkyl halides is 3. The fourth-order valence-corrected chi connectivity index (χ4v) is 3.73. The van der Waals surface area contributed by atoms with Gasteiger partial charge in [-0.2, -0.15) is 13.2 Å². The first-order valence-electron chi connectivity index (χ1n) is 8.87. The molecule has 0 spiro atoms. The Bertz CT molecular complexity index is 782. The lowest BCUT2D eigenvalue weighted by atomic mass is 9.72. The molecule has 27 heavy (non-hydrogen) atoms. The topological polar surface area (TPSA) is 29.5 Å². The molecule has 0 amide bonds. The van der Waals surface area contributed by atoms with E-state index in [4.69, 9.17) is 4.74 Å². The van der Waals surface area contributed by atoms with Gasteiger partial charge < -0.3 is 4.74 Å². The quantitative estimate of drug-likeness (QED) is 0.739. The van der Waals surface area contributed by atoms with Crippen molar-refractivity contribution in [2.75, 3.05) is 20.2 Å². The monoisotopic (exact) mass is 377 g/mol. The molecule has 0 N–H and O–H groups in total. The van der Waals surface area contributed by atoms with E-state index in [2.05, 4.69) is 4.90 Å². The Morgan fingerprint density at radius 2 is 1.74 bits per heavy atom. The molecular weight excluding hydrogens is 355 g/mol. The molecule has 6 heteroatoms. The summed E-state index contributed by atoms with van der Waals surface area (Å²) in [5.41, 5.74) is -0.232. The van der Waals surface area contributed by atoms with Gasteiger partial charge in [0.25, 0.3) is 0 Å². The molecule has 0 radical (unpaired) electrons. The minimum absolute atomic E-state index is 0.378. The lowest BCUT2D eigenvalue weighted by Gasteiger charge is -2.40. The summed E-state index contributed by atoms with van der Waals surface area (Å²) in [6, 6.07) is 15.0. The highest BCUT2D eigenvalue weighted by molar-refractivity contribution is 5.83. The Hall–Kier alpha value is -2.34. The average molecular weight is 377 g/mol. The van der Waals surface area contributed by atoms with E-state index in [1.165, 1.54) is 18.7 Å². The molecule has 1 aliphatic rings. The van der Waals surface area contributed by atoms with Gasteiger partial charge in [0.2, 0.25) is 0 Å². The van der Waals surface area contributed by atoms with Gasteiger partial charge in [0.15, 0.2) is 0 Å². The van der Waals surface area contributed by atoms with E-state index >= 15 is 0 Å². The van der Waals surface area contributed by atoms with Crippen molar-refractivity contribution in [3.8, 4) is 0 Å². The summed E-state index contributed by atoms with van der Waals surface area (Å²) in [4.78, 5) is 14.8. The number of esters is 1. The number of ether oxygens (including phenoxy) is 1. The second-order valence-electron chi connectivity index (χ2n) is 6.91. The summed E-state index contributed by atoms with van der Waals surface area (Å²) >= 11 is 0. The zero-order chi connectivity index (χ0) is 19.5. The van der Waals surface area contributed by atoms with Crippen LogP contribution in [0.4, 0.5) is 13.2 Å². The minimum atomic E-state index is -4.44. The maximum absolute atomic E-state index is 13.1. The molecule has 1 fully saturated rings. The molecule has 0 saturated carbocycles. The van der Waals surface area contributed by atoms with E-state index in [9.17, 15) is 18.0 Å². The number of likely N-dealkylation sites (tertiary alicyclic amines) is 1.